The van der Waals surface area contributed by atoms with Gasteiger partial charge in [0.1, 0.15) is 0 Å². The van der Waals surface area contributed by atoms with Crippen LogP contribution in [0.3, 0.4) is 0 Å². The van der Waals surface area contributed by atoms with Gasteiger partial charge in [0.05, 0.1) is 6.54 Å². The van der Waals surface area contributed by atoms with Crippen LogP contribution in [0.4, 0.5) is 0 Å². The van der Waals surface area contributed by atoms with Crippen molar-refractivity contribution in [2.75, 3.05) is 26.2 Å². The molecule has 0 saturated heterocycles. The van der Waals surface area contributed by atoms with Crippen molar-refractivity contribution in [3.8, 4) is 0 Å². The maximum absolute atomic E-state index is 12.1. The number of nitrogens with zero attached hydrogens (tertiary/aromatic N) is 1. The molecule has 0 unspecified atom stereocenters. The molecular weight excluding hydrogens is 244 g/mol. The van der Waals surface area contributed by atoms with Gasteiger partial charge in [-0.2, -0.15) is 0 Å². The molecule has 0 heterocycles. The largest absolute Gasteiger partial charge is 0.481 e. The molecule has 0 radical (unpaired) electrons. The van der Waals surface area contributed by atoms with Crippen molar-refractivity contribution in [1.82, 2.24) is 10.2 Å². The second kappa shape index (κ2) is 9.78. The normalized spacial score (nSPS) is 11.1. The van der Waals surface area contributed by atoms with E-state index in [2.05, 4.69) is 33.0 Å². The highest BCUT2D eigenvalue weighted by Crippen LogP contribution is 2.04. The highest BCUT2D eigenvalue weighted by molar-refractivity contribution is 5.78. The maximum atomic E-state index is 12.1. The lowest BCUT2D eigenvalue weighted by Crippen LogP contribution is -2.42. The molecule has 0 fully saturated rings. The topological polar surface area (TPSA) is 69.6 Å². The summed E-state index contributed by atoms with van der Waals surface area (Å²) >= 11 is 0. The minimum atomic E-state index is -0.797. The summed E-state index contributed by atoms with van der Waals surface area (Å²) in [6.45, 7) is 10.8. The van der Waals surface area contributed by atoms with E-state index in [4.69, 9.17) is 5.11 Å². The van der Waals surface area contributed by atoms with Gasteiger partial charge in [-0.25, -0.2) is 0 Å². The van der Waals surface area contributed by atoms with Gasteiger partial charge in [-0.15, -0.1) is 0 Å². The van der Waals surface area contributed by atoms with Crippen molar-refractivity contribution in [3.63, 3.8) is 0 Å². The number of amides is 1. The van der Waals surface area contributed by atoms with E-state index in [0.717, 1.165) is 13.1 Å². The van der Waals surface area contributed by atoms with E-state index in [1.165, 1.54) is 0 Å². The summed E-state index contributed by atoms with van der Waals surface area (Å²) in [6.07, 6.45) is 0.694. The quantitative estimate of drug-likeness (QED) is 0.592. The number of rotatable bonds is 10. The monoisotopic (exact) mass is 272 g/mol. The molecule has 0 aliphatic heterocycles. The summed E-state index contributed by atoms with van der Waals surface area (Å²) in [6, 6.07) is 0. The second-order valence-electron chi connectivity index (χ2n) is 5.76. The third-order valence-electron chi connectivity index (χ3n) is 2.54. The van der Waals surface area contributed by atoms with Gasteiger partial charge in [-0.05, 0) is 24.8 Å². The third-order valence-corrected chi connectivity index (χ3v) is 2.54. The second-order valence-corrected chi connectivity index (χ2v) is 5.76. The molecule has 0 aliphatic carbocycles. The number of hydrogen-bond acceptors (Lipinski definition) is 3. The van der Waals surface area contributed by atoms with Gasteiger partial charge in [-0.3, -0.25) is 9.59 Å². The number of carbonyl (C=O) groups is 2. The average Bonchev–Trinajstić information content (AvgIpc) is 2.25. The van der Waals surface area contributed by atoms with Crippen LogP contribution in [0.25, 0.3) is 0 Å². The molecule has 0 saturated carbocycles. The van der Waals surface area contributed by atoms with E-state index < -0.39 is 5.97 Å². The first-order valence-electron chi connectivity index (χ1n) is 7.03. The summed E-state index contributed by atoms with van der Waals surface area (Å²) in [5.41, 5.74) is 0. The number of carboxylic acids is 1. The molecule has 0 atom stereocenters. The zero-order valence-corrected chi connectivity index (χ0v) is 12.6. The minimum absolute atomic E-state index is 0.0951. The van der Waals surface area contributed by atoms with Gasteiger partial charge in [0.2, 0.25) is 5.91 Å². The fourth-order valence-electron chi connectivity index (χ4n) is 1.83. The zero-order chi connectivity index (χ0) is 14.8. The number of hydrogen-bond donors (Lipinski definition) is 2. The number of aliphatic carboxylic acids is 1. The highest BCUT2D eigenvalue weighted by Gasteiger charge is 2.15. The first-order chi connectivity index (χ1) is 8.82. The van der Waals surface area contributed by atoms with Gasteiger partial charge in [0.15, 0.2) is 0 Å². The number of nitrogens with one attached hydrogen (secondary N) is 1. The molecule has 1 amide bonds. The Bertz CT molecular complexity index is 268. The van der Waals surface area contributed by atoms with E-state index >= 15 is 0 Å². The minimum Gasteiger partial charge on any atom is -0.481 e. The average molecular weight is 272 g/mol. The Morgan fingerprint density at radius 2 is 1.63 bits per heavy atom. The molecule has 0 bridgehead atoms. The molecule has 5 heteroatoms. The lowest BCUT2D eigenvalue weighted by molar-refractivity contribution is -0.137. The lowest BCUT2D eigenvalue weighted by atomic mass is 10.1. The van der Waals surface area contributed by atoms with E-state index in [-0.39, 0.29) is 12.3 Å². The molecule has 0 aliphatic rings. The first kappa shape index (κ1) is 17.9. The van der Waals surface area contributed by atoms with E-state index in [0.29, 0.717) is 31.3 Å². The molecule has 0 aromatic heterocycles. The number of carbonyl (C=O) groups excluding carboxylic acids is 1. The van der Waals surface area contributed by atoms with Crippen molar-refractivity contribution in [2.24, 2.45) is 11.8 Å². The Morgan fingerprint density at radius 1 is 1.11 bits per heavy atom. The highest BCUT2D eigenvalue weighted by atomic mass is 16.4. The van der Waals surface area contributed by atoms with E-state index in [9.17, 15) is 9.59 Å². The summed E-state index contributed by atoms with van der Waals surface area (Å²) in [5.74, 6) is 0.205. The van der Waals surface area contributed by atoms with Crippen molar-refractivity contribution < 1.29 is 14.7 Å². The van der Waals surface area contributed by atoms with Gasteiger partial charge in [0, 0.05) is 19.5 Å². The molecule has 0 rings (SSSR count). The standard InChI is InChI=1S/C14H28N2O3/c1-11(2)9-16(10-12(3)4)13(17)8-15-7-5-6-14(18)19/h11-12,15H,5-10H2,1-4H3,(H,18,19). The lowest BCUT2D eigenvalue weighted by Gasteiger charge is -2.26. The van der Waals surface area contributed by atoms with Crippen molar-refractivity contribution in [3.05, 3.63) is 0 Å². The summed E-state index contributed by atoms with van der Waals surface area (Å²) < 4.78 is 0. The van der Waals surface area contributed by atoms with E-state index in [1.807, 2.05) is 4.90 Å². The zero-order valence-electron chi connectivity index (χ0n) is 12.6. The van der Waals surface area contributed by atoms with Crippen LogP contribution in [-0.4, -0.2) is 48.1 Å². The summed E-state index contributed by atoms with van der Waals surface area (Å²) in [7, 11) is 0. The Morgan fingerprint density at radius 3 is 2.05 bits per heavy atom. The van der Waals surface area contributed by atoms with Gasteiger partial charge < -0.3 is 15.3 Å². The fraction of sp³-hybridized carbons (Fsp3) is 0.857. The molecule has 0 aromatic rings. The predicted molar refractivity (Wildman–Crippen MR) is 76.0 cm³/mol. The maximum Gasteiger partial charge on any atom is 0.303 e. The Kier molecular flexibility index (Phi) is 9.21. The SMILES string of the molecule is CC(C)CN(CC(C)C)C(=O)CNCCCC(=O)O. The van der Waals surface area contributed by atoms with Crippen LogP contribution in [0.2, 0.25) is 0 Å². The molecule has 0 spiro atoms. The molecule has 19 heavy (non-hydrogen) atoms. The molecule has 5 nitrogen and oxygen atoms in total. The molecule has 112 valence electrons. The van der Waals surface area contributed by atoms with Crippen LogP contribution in [0.5, 0.6) is 0 Å². The van der Waals surface area contributed by atoms with Crippen LogP contribution in [-0.2, 0) is 9.59 Å². The van der Waals surface area contributed by atoms with Crippen molar-refractivity contribution >= 4 is 11.9 Å². The van der Waals surface area contributed by atoms with Crippen LogP contribution >= 0.6 is 0 Å². The Labute approximate surface area is 116 Å². The van der Waals surface area contributed by atoms with Crippen molar-refractivity contribution in [2.45, 2.75) is 40.5 Å². The smallest absolute Gasteiger partial charge is 0.303 e. The van der Waals surface area contributed by atoms with Crippen LogP contribution < -0.4 is 5.32 Å². The predicted octanol–water partition coefficient (Wildman–Crippen LogP) is 1.58. The first-order valence-corrected chi connectivity index (χ1v) is 7.03. The van der Waals surface area contributed by atoms with Crippen LogP contribution in [0, 0.1) is 11.8 Å². The van der Waals surface area contributed by atoms with E-state index in [1.54, 1.807) is 0 Å². The third kappa shape index (κ3) is 10.5. The van der Waals surface area contributed by atoms with Gasteiger partial charge >= 0.3 is 5.97 Å². The van der Waals surface area contributed by atoms with Gasteiger partial charge in [0.25, 0.3) is 0 Å². The van der Waals surface area contributed by atoms with Crippen molar-refractivity contribution in [1.29, 1.82) is 0 Å². The Balaban J connectivity index is 3.99. The van der Waals surface area contributed by atoms with Crippen LogP contribution in [0.1, 0.15) is 40.5 Å². The summed E-state index contributed by atoms with van der Waals surface area (Å²) in [4.78, 5) is 24.3. The molecule has 2 N–H and O–H groups in total. The molecule has 0 aromatic carbocycles. The fourth-order valence-corrected chi connectivity index (χ4v) is 1.83. The molecular formula is C14H28N2O3. The van der Waals surface area contributed by atoms with Crippen LogP contribution in [0.15, 0.2) is 0 Å². The summed E-state index contributed by atoms with van der Waals surface area (Å²) in [5, 5.41) is 11.5. The van der Waals surface area contributed by atoms with Gasteiger partial charge in [-0.1, -0.05) is 27.7 Å². The number of carboxylic acid groups (broad SMARTS) is 1. The Hall–Kier alpha value is -1.10.